The van der Waals surface area contributed by atoms with Gasteiger partial charge in [-0.25, -0.2) is 4.98 Å². The first-order valence-electron chi connectivity index (χ1n) is 4.25. The summed E-state index contributed by atoms with van der Waals surface area (Å²) in [5.41, 5.74) is 0.471. The number of rotatable bonds is 4. The molecule has 1 atom stereocenters. The largest absolute Gasteiger partial charge is 0.348 e. The average molecular weight is 181 g/mol. The van der Waals surface area contributed by atoms with Gasteiger partial charge in [-0.2, -0.15) is 0 Å². The maximum Gasteiger partial charge on any atom is 0.149 e. The van der Waals surface area contributed by atoms with Crippen molar-refractivity contribution in [2.75, 3.05) is 7.05 Å². The molecule has 0 amide bonds. The Hall–Kier alpha value is -1.16. The smallest absolute Gasteiger partial charge is 0.149 e. The number of hydrogen-bond donors (Lipinski definition) is 2. The van der Waals surface area contributed by atoms with Gasteiger partial charge < -0.3 is 10.3 Å². The Morgan fingerprint density at radius 3 is 2.85 bits per heavy atom. The SMILES string of the molecule is CNC(C)(Cc1cnc[nH]1)C(C)=O. The van der Waals surface area contributed by atoms with Crippen LogP contribution in [0, 0.1) is 0 Å². The van der Waals surface area contributed by atoms with E-state index in [4.69, 9.17) is 0 Å². The molecule has 0 spiro atoms. The van der Waals surface area contributed by atoms with E-state index in [-0.39, 0.29) is 5.78 Å². The molecule has 4 heteroatoms. The number of nitrogens with one attached hydrogen (secondary N) is 2. The first-order valence-corrected chi connectivity index (χ1v) is 4.25. The van der Waals surface area contributed by atoms with E-state index >= 15 is 0 Å². The molecular weight excluding hydrogens is 166 g/mol. The molecule has 0 aliphatic heterocycles. The second-order valence-electron chi connectivity index (χ2n) is 3.39. The number of Topliss-reactive ketones (excluding diaryl/α,β-unsaturated/α-hetero) is 1. The van der Waals surface area contributed by atoms with E-state index in [0.29, 0.717) is 6.42 Å². The van der Waals surface area contributed by atoms with Crippen LogP contribution in [0.2, 0.25) is 0 Å². The highest BCUT2D eigenvalue weighted by Gasteiger charge is 2.28. The van der Waals surface area contributed by atoms with Crippen molar-refractivity contribution in [1.29, 1.82) is 0 Å². The molecule has 1 aromatic heterocycles. The Kier molecular flexibility index (Phi) is 2.83. The highest BCUT2D eigenvalue weighted by molar-refractivity contribution is 5.85. The summed E-state index contributed by atoms with van der Waals surface area (Å²) in [5.74, 6) is 0.129. The normalized spacial score (nSPS) is 15.3. The number of hydrogen-bond acceptors (Lipinski definition) is 3. The van der Waals surface area contributed by atoms with Gasteiger partial charge in [0.15, 0.2) is 0 Å². The van der Waals surface area contributed by atoms with Crippen molar-refractivity contribution in [2.24, 2.45) is 0 Å². The summed E-state index contributed by atoms with van der Waals surface area (Å²) < 4.78 is 0. The average Bonchev–Trinajstić information content (AvgIpc) is 2.56. The molecule has 1 aromatic rings. The van der Waals surface area contributed by atoms with Crippen LogP contribution in [-0.2, 0) is 11.2 Å². The number of carbonyl (C=O) groups excluding carboxylic acids is 1. The molecule has 0 aromatic carbocycles. The van der Waals surface area contributed by atoms with Crippen molar-refractivity contribution in [3.8, 4) is 0 Å². The van der Waals surface area contributed by atoms with Crippen LogP contribution in [0.4, 0.5) is 0 Å². The number of carbonyl (C=O) groups is 1. The van der Waals surface area contributed by atoms with Gasteiger partial charge in [-0.3, -0.25) is 4.79 Å². The van der Waals surface area contributed by atoms with Gasteiger partial charge in [0.2, 0.25) is 0 Å². The van der Waals surface area contributed by atoms with Crippen molar-refractivity contribution < 1.29 is 4.79 Å². The maximum atomic E-state index is 11.3. The summed E-state index contributed by atoms with van der Waals surface area (Å²) in [7, 11) is 1.79. The van der Waals surface area contributed by atoms with E-state index < -0.39 is 5.54 Å². The number of ketones is 1. The molecule has 1 unspecified atom stereocenters. The van der Waals surface area contributed by atoms with Gasteiger partial charge in [-0.05, 0) is 20.9 Å². The molecule has 4 nitrogen and oxygen atoms in total. The molecule has 13 heavy (non-hydrogen) atoms. The Morgan fingerprint density at radius 1 is 1.77 bits per heavy atom. The third-order valence-electron chi connectivity index (χ3n) is 2.43. The lowest BCUT2D eigenvalue weighted by molar-refractivity contribution is -0.122. The predicted octanol–water partition coefficient (Wildman–Crippen LogP) is 0.519. The number of aromatic nitrogens is 2. The summed E-state index contributed by atoms with van der Waals surface area (Å²) in [6.07, 6.45) is 3.99. The zero-order chi connectivity index (χ0) is 9.90. The van der Waals surface area contributed by atoms with E-state index in [1.807, 2.05) is 6.92 Å². The molecule has 0 bridgehead atoms. The van der Waals surface area contributed by atoms with E-state index in [0.717, 1.165) is 5.69 Å². The van der Waals surface area contributed by atoms with Crippen LogP contribution in [0.15, 0.2) is 12.5 Å². The summed E-state index contributed by atoms with van der Waals surface area (Å²) in [4.78, 5) is 18.2. The van der Waals surface area contributed by atoms with Crippen LogP contribution < -0.4 is 5.32 Å². The molecule has 2 N–H and O–H groups in total. The molecule has 1 rings (SSSR count). The first kappa shape index (κ1) is 9.92. The molecule has 0 radical (unpaired) electrons. The monoisotopic (exact) mass is 181 g/mol. The molecule has 0 saturated carbocycles. The Labute approximate surface area is 77.8 Å². The van der Waals surface area contributed by atoms with Crippen LogP contribution >= 0.6 is 0 Å². The zero-order valence-electron chi connectivity index (χ0n) is 8.22. The van der Waals surface area contributed by atoms with Gasteiger partial charge in [0.1, 0.15) is 5.78 Å². The van der Waals surface area contributed by atoms with Crippen molar-refractivity contribution in [2.45, 2.75) is 25.8 Å². The van der Waals surface area contributed by atoms with Gasteiger partial charge in [0.05, 0.1) is 11.9 Å². The standard InChI is InChI=1S/C9H15N3O/c1-7(13)9(2,10-3)4-8-5-11-6-12-8/h5-6,10H,4H2,1-3H3,(H,11,12). The fourth-order valence-corrected chi connectivity index (χ4v) is 1.15. The second-order valence-corrected chi connectivity index (χ2v) is 3.39. The fourth-order valence-electron chi connectivity index (χ4n) is 1.15. The van der Waals surface area contributed by atoms with E-state index in [1.54, 1.807) is 26.5 Å². The number of likely N-dealkylation sites (N-methyl/N-ethyl adjacent to an activating group) is 1. The third kappa shape index (κ3) is 2.15. The summed E-state index contributed by atoms with van der Waals surface area (Å²) in [5, 5.41) is 3.02. The highest BCUT2D eigenvalue weighted by atomic mass is 16.1. The molecule has 0 aliphatic rings. The summed E-state index contributed by atoms with van der Waals surface area (Å²) in [6, 6.07) is 0. The number of aromatic amines is 1. The topological polar surface area (TPSA) is 57.8 Å². The van der Waals surface area contributed by atoms with Crippen LogP contribution in [0.1, 0.15) is 19.5 Å². The summed E-state index contributed by atoms with van der Waals surface area (Å²) >= 11 is 0. The molecule has 1 heterocycles. The quantitative estimate of drug-likeness (QED) is 0.712. The molecule has 0 fully saturated rings. The molecule has 72 valence electrons. The molecule has 0 aliphatic carbocycles. The van der Waals surface area contributed by atoms with Gasteiger partial charge >= 0.3 is 0 Å². The minimum absolute atomic E-state index is 0.129. The van der Waals surface area contributed by atoms with Crippen molar-refractivity contribution in [1.82, 2.24) is 15.3 Å². The van der Waals surface area contributed by atoms with Crippen LogP contribution in [0.25, 0.3) is 0 Å². The molecule has 0 saturated heterocycles. The van der Waals surface area contributed by atoms with Gasteiger partial charge in [-0.15, -0.1) is 0 Å². The summed E-state index contributed by atoms with van der Waals surface area (Å²) in [6.45, 7) is 3.48. The minimum Gasteiger partial charge on any atom is -0.348 e. The highest BCUT2D eigenvalue weighted by Crippen LogP contribution is 2.11. The van der Waals surface area contributed by atoms with Crippen LogP contribution in [0.3, 0.4) is 0 Å². The predicted molar refractivity (Wildman–Crippen MR) is 50.4 cm³/mol. The van der Waals surface area contributed by atoms with Crippen LogP contribution in [0.5, 0.6) is 0 Å². The van der Waals surface area contributed by atoms with Crippen molar-refractivity contribution in [3.05, 3.63) is 18.2 Å². The Bertz CT molecular complexity index is 281. The van der Waals surface area contributed by atoms with Gasteiger partial charge in [0, 0.05) is 18.3 Å². The van der Waals surface area contributed by atoms with Gasteiger partial charge in [-0.1, -0.05) is 0 Å². The Balaban J connectivity index is 2.75. The minimum atomic E-state index is -0.494. The lowest BCUT2D eigenvalue weighted by atomic mass is 9.92. The number of H-pyrrole nitrogens is 1. The third-order valence-corrected chi connectivity index (χ3v) is 2.43. The fraction of sp³-hybridized carbons (Fsp3) is 0.556. The lowest BCUT2D eigenvalue weighted by Gasteiger charge is -2.25. The molecular formula is C9H15N3O. The second kappa shape index (κ2) is 3.70. The van der Waals surface area contributed by atoms with E-state index in [2.05, 4.69) is 15.3 Å². The van der Waals surface area contributed by atoms with E-state index in [1.165, 1.54) is 0 Å². The maximum absolute atomic E-state index is 11.3. The first-order chi connectivity index (χ1) is 6.08. The lowest BCUT2D eigenvalue weighted by Crippen LogP contribution is -2.48. The van der Waals surface area contributed by atoms with Crippen molar-refractivity contribution in [3.63, 3.8) is 0 Å². The van der Waals surface area contributed by atoms with E-state index in [9.17, 15) is 4.79 Å². The van der Waals surface area contributed by atoms with Crippen LogP contribution in [-0.4, -0.2) is 28.3 Å². The Morgan fingerprint density at radius 2 is 2.46 bits per heavy atom. The zero-order valence-corrected chi connectivity index (χ0v) is 8.22. The number of imidazole rings is 1. The van der Waals surface area contributed by atoms with Gasteiger partial charge in [0.25, 0.3) is 0 Å². The van der Waals surface area contributed by atoms with Crippen molar-refractivity contribution >= 4 is 5.78 Å². The number of nitrogens with zero attached hydrogens (tertiary/aromatic N) is 1.